The lowest BCUT2D eigenvalue weighted by atomic mass is 10.0. The number of carboxylic acids is 1. The van der Waals surface area contributed by atoms with Gasteiger partial charge in [-0.1, -0.05) is 58.3 Å². The minimum atomic E-state index is -3.01. The summed E-state index contributed by atoms with van der Waals surface area (Å²) in [7, 11) is 0. The lowest BCUT2D eigenvalue weighted by molar-refractivity contribution is -0.0102. The molecule has 1 rings (SSSR count). The smallest absolute Gasteiger partial charge is 0.355 e. The molecule has 1 aromatic rings. The van der Waals surface area contributed by atoms with Crippen molar-refractivity contribution >= 4 is 5.97 Å². The van der Waals surface area contributed by atoms with Crippen LogP contribution in [-0.4, -0.2) is 22.0 Å². The Morgan fingerprint density at radius 2 is 1.62 bits per heavy atom. The molecular weight excluding hydrogens is 319 g/mol. The van der Waals surface area contributed by atoms with Gasteiger partial charge in [0.1, 0.15) is 0 Å². The Morgan fingerprint density at radius 1 is 1.08 bits per heavy atom. The van der Waals surface area contributed by atoms with Gasteiger partial charge in [-0.3, -0.25) is 0 Å². The summed E-state index contributed by atoms with van der Waals surface area (Å²) in [5.41, 5.74) is -0.933. The molecule has 1 aromatic heterocycles. The second-order valence-electron chi connectivity index (χ2n) is 6.42. The van der Waals surface area contributed by atoms with E-state index in [4.69, 9.17) is 5.11 Å². The summed E-state index contributed by atoms with van der Waals surface area (Å²) in [5.74, 6) is -5.59. The van der Waals surface area contributed by atoms with Crippen molar-refractivity contribution in [2.45, 2.75) is 83.5 Å². The molecule has 0 spiro atoms. The Labute approximate surface area is 141 Å². The van der Waals surface area contributed by atoms with Crippen molar-refractivity contribution in [3.05, 3.63) is 23.3 Å². The number of H-pyrrole nitrogens is 1. The minimum Gasteiger partial charge on any atom is -0.476 e. The number of aromatic amines is 1. The molecule has 0 saturated carbocycles. The molecule has 0 aromatic carbocycles. The van der Waals surface area contributed by atoms with Gasteiger partial charge < -0.3 is 10.1 Å². The number of aromatic nitrogens is 1. The van der Waals surface area contributed by atoms with Crippen LogP contribution in [0.25, 0.3) is 0 Å². The molecule has 24 heavy (non-hydrogen) atoms. The van der Waals surface area contributed by atoms with Crippen LogP contribution in [0.5, 0.6) is 0 Å². The van der Waals surface area contributed by atoms with E-state index in [0.29, 0.717) is 6.42 Å². The van der Waals surface area contributed by atoms with Gasteiger partial charge in [-0.05, 0) is 6.42 Å². The molecule has 3 nitrogen and oxygen atoms in total. The third-order valence-electron chi connectivity index (χ3n) is 4.20. The van der Waals surface area contributed by atoms with Crippen molar-refractivity contribution < 1.29 is 23.1 Å². The van der Waals surface area contributed by atoms with Gasteiger partial charge in [-0.25, -0.2) is 18.0 Å². The summed E-state index contributed by atoms with van der Waals surface area (Å²) < 4.78 is 41.5. The summed E-state index contributed by atoms with van der Waals surface area (Å²) in [4.78, 5) is 12.9. The van der Waals surface area contributed by atoms with E-state index in [-0.39, 0.29) is 12.0 Å². The number of alkyl halides is 2. The Bertz CT molecular complexity index is 500. The number of halogens is 3. The van der Waals surface area contributed by atoms with Crippen LogP contribution in [0.15, 0.2) is 6.20 Å². The zero-order chi connectivity index (χ0) is 18.0. The first-order chi connectivity index (χ1) is 11.4. The van der Waals surface area contributed by atoms with E-state index < -0.39 is 29.8 Å². The lowest BCUT2D eigenvalue weighted by Gasteiger charge is -2.15. The van der Waals surface area contributed by atoms with Crippen LogP contribution in [0.2, 0.25) is 0 Å². The van der Waals surface area contributed by atoms with E-state index >= 15 is 0 Å². The Morgan fingerprint density at radius 3 is 2.12 bits per heavy atom. The molecule has 0 fully saturated rings. The fraction of sp³-hybridized carbons (Fsp3) is 0.722. The van der Waals surface area contributed by atoms with Crippen molar-refractivity contribution in [3.8, 4) is 0 Å². The molecule has 0 aliphatic rings. The van der Waals surface area contributed by atoms with E-state index in [0.717, 1.165) is 31.9 Å². The number of hydrogen-bond acceptors (Lipinski definition) is 1. The highest BCUT2D eigenvalue weighted by atomic mass is 19.3. The van der Waals surface area contributed by atoms with E-state index in [1.54, 1.807) is 0 Å². The Hall–Kier alpha value is -1.46. The largest absolute Gasteiger partial charge is 0.476 e. The van der Waals surface area contributed by atoms with Gasteiger partial charge in [-0.2, -0.15) is 0 Å². The van der Waals surface area contributed by atoms with Crippen LogP contribution >= 0.6 is 0 Å². The van der Waals surface area contributed by atoms with Gasteiger partial charge in [0.25, 0.3) is 5.92 Å². The van der Waals surface area contributed by atoms with Crippen LogP contribution in [0.3, 0.4) is 0 Å². The van der Waals surface area contributed by atoms with Gasteiger partial charge in [0.15, 0.2) is 11.5 Å². The first-order valence-electron chi connectivity index (χ1n) is 8.84. The molecule has 6 heteroatoms. The third-order valence-corrected chi connectivity index (χ3v) is 4.20. The SMILES string of the molecule is CCCCCCCCCCCC(F)(F)Cc1c[nH]c(C(=O)O)c1F. The van der Waals surface area contributed by atoms with Crippen LogP contribution in [-0.2, 0) is 6.42 Å². The highest BCUT2D eigenvalue weighted by Gasteiger charge is 2.31. The maximum atomic E-state index is 13.9. The molecule has 0 aliphatic carbocycles. The second kappa shape index (κ2) is 10.4. The van der Waals surface area contributed by atoms with Crippen LogP contribution < -0.4 is 0 Å². The zero-order valence-corrected chi connectivity index (χ0v) is 14.3. The van der Waals surface area contributed by atoms with Gasteiger partial charge in [0, 0.05) is 24.6 Å². The van der Waals surface area contributed by atoms with E-state index in [2.05, 4.69) is 11.9 Å². The first kappa shape index (κ1) is 20.6. The monoisotopic (exact) mass is 347 g/mol. The van der Waals surface area contributed by atoms with Crippen molar-refractivity contribution in [3.63, 3.8) is 0 Å². The van der Waals surface area contributed by atoms with Gasteiger partial charge in [0.2, 0.25) is 0 Å². The lowest BCUT2D eigenvalue weighted by Crippen LogP contribution is -2.20. The van der Waals surface area contributed by atoms with Crippen LogP contribution in [0.1, 0.15) is 87.2 Å². The van der Waals surface area contributed by atoms with Crippen molar-refractivity contribution in [1.29, 1.82) is 0 Å². The molecule has 0 bridgehead atoms. The molecule has 1 heterocycles. The number of rotatable bonds is 13. The topological polar surface area (TPSA) is 53.1 Å². The summed E-state index contributed by atoms with van der Waals surface area (Å²) in [6.07, 6.45) is 9.21. The minimum absolute atomic E-state index is 0.270. The van der Waals surface area contributed by atoms with Crippen LogP contribution in [0, 0.1) is 5.82 Å². The van der Waals surface area contributed by atoms with Crippen LogP contribution in [0.4, 0.5) is 13.2 Å². The molecule has 2 N–H and O–H groups in total. The predicted octanol–water partition coefficient (Wildman–Crippen LogP) is 5.95. The number of unbranched alkanes of at least 4 members (excludes halogenated alkanes) is 8. The summed E-state index contributed by atoms with van der Waals surface area (Å²) in [6.45, 7) is 2.17. The number of hydrogen-bond donors (Lipinski definition) is 2. The molecule has 0 aliphatic heterocycles. The predicted molar refractivity (Wildman–Crippen MR) is 88.2 cm³/mol. The first-order valence-corrected chi connectivity index (χ1v) is 8.84. The van der Waals surface area contributed by atoms with Crippen molar-refractivity contribution in [2.24, 2.45) is 0 Å². The normalized spacial score (nSPS) is 11.8. The number of nitrogens with one attached hydrogen (secondary N) is 1. The standard InChI is InChI=1S/C18H28F3NO2/c1-2-3-4-5-6-7-8-9-10-11-18(20,21)12-14-13-22-16(15(14)19)17(23)24/h13,22H,2-12H2,1H3,(H,23,24). The van der Waals surface area contributed by atoms with E-state index in [9.17, 15) is 18.0 Å². The van der Waals surface area contributed by atoms with Gasteiger partial charge in [-0.15, -0.1) is 0 Å². The molecule has 138 valence electrons. The Kier molecular flexibility index (Phi) is 8.93. The number of aromatic carboxylic acids is 1. The van der Waals surface area contributed by atoms with E-state index in [1.807, 2.05) is 0 Å². The zero-order valence-electron chi connectivity index (χ0n) is 14.3. The molecular formula is C18H28F3NO2. The van der Waals surface area contributed by atoms with Crippen molar-refractivity contribution in [1.82, 2.24) is 4.98 Å². The summed E-state index contributed by atoms with van der Waals surface area (Å²) in [5, 5.41) is 8.71. The third kappa shape index (κ3) is 7.41. The maximum Gasteiger partial charge on any atom is 0.355 e. The average molecular weight is 347 g/mol. The highest BCUT2D eigenvalue weighted by molar-refractivity contribution is 5.86. The van der Waals surface area contributed by atoms with E-state index in [1.165, 1.54) is 25.7 Å². The maximum absolute atomic E-state index is 13.9. The fourth-order valence-corrected chi connectivity index (χ4v) is 2.79. The number of carbonyl (C=O) groups is 1. The second-order valence-corrected chi connectivity index (χ2v) is 6.42. The molecule has 0 radical (unpaired) electrons. The molecule has 0 saturated heterocycles. The summed E-state index contributed by atoms with van der Waals surface area (Å²) >= 11 is 0. The molecule has 0 unspecified atom stereocenters. The fourth-order valence-electron chi connectivity index (χ4n) is 2.79. The van der Waals surface area contributed by atoms with Gasteiger partial charge >= 0.3 is 5.97 Å². The van der Waals surface area contributed by atoms with Gasteiger partial charge in [0.05, 0.1) is 0 Å². The Balaban J connectivity index is 2.23. The quantitative estimate of drug-likeness (QED) is 0.433. The highest BCUT2D eigenvalue weighted by Crippen LogP contribution is 2.28. The number of carboxylic acid groups (broad SMARTS) is 1. The average Bonchev–Trinajstić information content (AvgIpc) is 2.86. The molecule has 0 amide bonds. The summed E-state index contributed by atoms with van der Waals surface area (Å²) in [6, 6.07) is 0. The molecule has 0 atom stereocenters. The van der Waals surface area contributed by atoms with Crippen molar-refractivity contribution in [2.75, 3.05) is 0 Å².